The first-order chi connectivity index (χ1) is 9.08. The number of nitrogen functional groups attached to an aromatic ring is 1. The maximum Gasteiger partial charge on any atom is 0.255 e. The Morgan fingerprint density at radius 2 is 2.11 bits per heavy atom. The van der Waals surface area contributed by atoms with Crippen molar-refractivity contribution >= 4 is 23.2 Å². The molecule has 1 aliphatic heterocycles. The Morgan fingerprint density at radius 3 is 2.79 bits per heavy atom. The molecule has 0 aromatic heterocycles. The molecular formula is C14H20ClN3O. The van der Waals surface area contributed by atoms with Gasteiger partial charge < -0.3 is 15.5 Å². The Hall–Kier alpha value is -1.26. The van der Waals surface area contributed by atoms with Crippen molar-refractivity contribution in [3.63, 3.8) is 0 Å². The fraction of sp³-hybridized carbons (Fsp3) is 0.500. The van der Waals surface area contributed by atoms with Gasteiger partial charge in [0.25, 0.3) is 5.91 Å². The summed E-state index contributed by atoms with van der Waals surface area (Å²) in [7, 11) is 1.80. The highest BCUT2D eigenvalue weighted by molar-refractivity contribution is 6.33. The zero-order valence-electron chi connectivity index (χ0n) is 11.2. The molecule has 1 fully saturated rings. The number of benzene rings is 1. The van der Waals surface area contributed by atoms with Crippen LogP contribution in [-0.4, -0.2) is 48.9 Å². The minimum atomic E-state index is -0.0727. The fourth-order valence-electron chi connectivity index (χ4n) is 2.31. The molecule has 0 atom stereocenters. The maximum absolute atomic E-state index is 12.3. The van der Waals surface area contributed by atoms with Gasteiger partial charge in [0, 0.05) is 25.8 Å². The monoisotopic (exact) mass is 281 g/mol. The first kappa shape index (κ1) is 14.2. The smallest absolute Gasteiger partial charge is 0.255 e. The lowest BCUT2D eigenvalue weighted by molar-refractivity contribution is 0.0782. The van der Waals surface area contributed by atoms with Gasteiger partial charge in [-0.05, 0) is 44.1 Å². The highest BCUT2D eigenvalue weighted by Crippen LogP contribution is 2.20. The molecule has 2 rings (SSSR count). The van der Waals surface area contributed by atoms with Crippen LogP contribution >= 0.6 is 11.6 Å². The average Bonchev–Trinajstić information content (AvgIpc) is 2.91. The molecule has 0 aliphatic carbocycles. The van der Waals surface area contributed by atoms with Crippen molar-refractivity contribution in [3.8, 4) is 0 Å². The number of nitrogens with two attached hydrogens (primary N) is 1. The van der Waals surface area contributed by atoms with Crippen LogP contribution in [0.3, 0.4) is 0 Å². The van der Waals surface area contributed by atoms with E-state index in [-0.39, 0.29) is 5.91 Å². The molecule has 0 radical (unpaired) electrons. The van der Waals surface area contributed by atoms with Crippen LogP contribution in [0.2, 0.25) is 5.02 Å². The minimum absolute atomic E-state index is 0.0727. The van der Waals surface area contributed by atoms with Crippen molar-refractivity contribution in [2.45, 2.75) is 12.8 Å². The zero-order valence-corrected chi connectivity index (χ0v) is 12.0. The molecule has 2 N–H and O–H groups in total. The van der Waals surface area contributed by atoms with Gasteiger partial charge in [0.05, 0.1) is 10.6 Å². The van der Waals surface area contributed by atoms with Crippen LogP contribution in [-0.2, 0) is 0 Å². The van der Waals surface area contributed by atoms with E-state index in [4.69, 9.17) is 17.3 Å². The Balaban J connectivity index is 1.95. The van der Waals surface area contributed by atoms with E-state index in [0.717, 1.165) is 19.6 Å². The minimum Gasteiger partial charge on any atom is -0.399 e. The molecule has 19 heavy (non-hydrogen) atoms. The first-order valence-electron chi connectivity index (χ1n) is 6.61. The first-order valence-corrected chi connectivity index (χ1v) is 6.98. The largest absolute Gasteiger partial charge is 0.399 e. The zero-order chi connectivity index (χ0) is 13.8. The summed E-state index contributed by atoms with van der Waals surface area (Å²) in [5.74, 6) is -0.0727. The summed E-state index contributed by atoms with van der Waals surface area (Å²) >= 11 is 6.05. The average molecular weight is 282 g/mol. The number of carbonyl (C=O) groups is 1. The molecule has 1 aliphatic rings. The van der Waals surface area contributed by atoms with Crippen LogP contribution in [0.1, 0.15) is 23.2 Å². The van der Waals surface area contributed by atoms with Crippen molar-refractivity contribution in [1.29, 1.82) is 0 Å². The molecule has 1 amide bonds. The van der Waals surface area contributed by atoms with E-state index in [1.165, 1.54) is 12.8 Å². The molecular weight excluding hydrogens is 262 g/mol. The third-order valence-electron chi connectivity index (χ3n) is 3.52. The van der Waals surface area contributed by atoms with Crippen LogP contribution in [0, 0.1) is 0 Å². The standard InChI is InChI=1S/C14H20ClN3O/c1-17(8-9-18-6-2-3-7-18)14(19)12-10-11(16)4-5-13(12)15/h4-5,10H,2-3,6-9,16H2,1H3. The van der Waals surface area contributed by atoms with Crippen molar-refractivity contribution in [2.24, 2.45) is 0 Å². The normalized spacial score (nSPS) is 15.7. The Labute approximate surface area is 119 Å². The van der Waals surface area contributed by atoms with E-state index in [1.54, 1.807) is 30.1 Å². The van der Waals surface area contributed by atoms with Gasteiger partial charge in [-0.3, -0.25) is 4.79 Å². The number of likely N-dealkylation sites (tertiary alicyclic amines) is 1. The van der Waals surface area contributed by atoms with Gasteiger partial charge in [-0.1, -0.05) is 11.6 Å². The molecule has 5 heteroatoms. The van der Waals surface area contributed by atoms with Crippen LogP contribution in [0.15, 0.2) is 18.2 Å². The van der Waals surface area contributed by atoms with Gasteiger partial charge in [-0.25, -0.2) is 0 Å². The summed E-state index contributed by atoms with van der Waals surface area (Å²) in [5, 5.41) is 0.451. The van der Waals surface area contributed by atoms with E-state index in [1.807, 2.05) is 0 Å². The van der Waals surface area contributed by atoms with E-state index in [9.17, 15) is 4.79 Å². The predicted octanol–water partition coefficient (Wildman–Crippen LogP) is 2.09. The topological polar surface area (TPSA) is 49.6 Å². The molecule has 0 spiro atoms. The molecule has 1 saturated heterocycles. The molecule has 4 nitrogen and oxygen atoms in total. The second-order valence-corrected chi connectivity index (χ2v) is 5.42. The predicted molar refractivity (Wildman–Crippen MR) is 78.5 cm³/mol. The van der Waals surface area contributed by atoms with Crippen molar-refractivity contribution in [2.75, 3.05) is 39.0 Å². The number of likely N-dealkylation sites (N-methyl/N-ethyl adjacent to an activating group) is 1. The Morgan fingerprint density at radius 1 is 1.42 bits per heavy atom. The number of hydrogen-bond acceptors (Lipinski definition) is 3. The highest BCUT2D eigenvalue weighted by atomic mass is 35.5. The van der Waals surface area contributed by atoms with Gasteiger partial charge in [0.15, 0.2) is 0 Å². The van der Waals surface area contributed by atoms with Gasteiger partial charge in [-0.15, -0.1) is 0 Å². The molecule has 0 bridgehead atoms. The summed E-state index contributed by atoms with van der Waals surface area (Å²) in [4.78, 5) is 16.4. The molecule has 104 valence electrons. The van der Waals surface area contributed by atoms with Crippen molar-refractivity contribution in [3.05, 3.63) is 28.8 Å². The quantitative estimate of drug-likeness (QED) is 0.860. The molecule has 1 aromatic rings. The second kappa shape index (κ2) is 6.26. The summed E-state index contributed by atoms with van der Waals surface area (Å²) in [6.45, 7) is 3.91. The fourth-order valence-corrected chi connectivity index (χ4v) is 2.51. The molecule has 1 heterocycles. The van der Waals surface area contributed by atoms with Crippen molar-refractivity contribution < 1.29 is 4.79 Å². The van der Waals surface area contributed by atoms with Crippen LogP contribution in [0.4, 0.5) is 5.69 Å². The number of hydrogen-bond donors (Lipinski definition) is 1. The number of nitrogens with zero attached hydrogens (tertiary/aromatic N) is 2. The molecule has 1 aromatic carbocycles. The number of rotatable bonds is 4. The third kappa shape index (κ3) is 3.61. The van der Waals surface area contributed by atoms with Crippen molar-refractivity contribution in [1.82, 2.24) is 9.80 Å². The summed E-state index contributed by atoms with van der Waals surface area (Å²) < 4.78 is 0. The molecule has 0 saturated carbocycles. The number of carbonyl (C=O) groups excluding carboxylic acids is 1. The van der Waals surface area contributed by atoms with Gasteiger partial charge >= 0.3 is 0 Å². The van der Waals surface area contributed by atoms with E-state index >= 15 is 0 Å². The number of halogens is 1. The summed E-state index contributed by atoms with van der Waals surface area (Å²) in [6.07, 6.45) is 2.53. The third-order valence-corrected chi connectivity index (χ3v) is 3.85. The van der Waals surface area contributed by atoms with Gasteiger partial charge in [0.1, 0.15) is 0 Å². The van der Waals surface area contributed by atoms with Gasteiger partial charge in [-0.2, -0.15) is 0 Å². The molecule has 0 unspecified atom stereocenters. The van der Waals surface area contributed by atoms with E-state index in [0.29, 0.717) is 22.8 Å². The van der Waals surface area contributed by atoms with E-state index in [2.05, 4.69) is 4.90 Å². The highest BCUT2D eigenvalue weighted by Gasteiger charge is 2.17. The van der Waals surface area contributed by atoms with Crippen LogP contribution in [0.25, 0.3) is 0 Å². The number of amides is 1. The van der Waals surface area contributed by atoms with Crippen LogP contribution in [0.5, 0.6) is 0 Å². The van der Waals surface area contributed by atoms with Gasteiger partial charge in [0.2, 0.25) is 0 Å². The summed E-state index contributed by atoms with van der Waals surface area (Å²) in [6, 6.07) is 5.00. The number of anilines is 1. The van der Waals surface area contributed by atoms with Crippen LogP contribution < -0.4 is 5.73 Å². The second-order valence-electron chi connectivity index (χ2n) is 5.01. The van der Waals surface area contributed by atoms with E-state index < -0.39 is 0 Å². The SMILES string of the molecule is CN(CCN1CCCC1)C(=O)c1cc(N)ccc1Cl. The summed E-state index contributed by atoms with van der Waals surface area (Å²) in [5.41, 5.74) is 6.73. The maximum atomic E-state index is 12.3. The lowest BCUT2D eigenvalue weighted by Crippen LogP contribution is -2.35. The Kier molecular flexibility index (Phi) is 4.66. The lowest BCUT2D eigenvalue weighted by Gasteiger charge is -2.22. The lowest BCUT2D eigenvalue weighted by atomic mass is 10.2. The Bertz CT molecular complexity index is 458.